The lowest BCUT2D eigenvalue weighted by molar-refractivity contribution is 0.727. The smallest absolute Gasteiger partial charge is 0.124 e. The molecule has 0 saturated carbocycles. The van der Waals surface area contributed by atoms with E-state index in [0.29, 0.717) is 5.92 Å². The number of hydrogen-bond acceptors (Lipinski definition) is 3. The first-order valence-electron chi connectivity index (χ1n) is 4.04. The van der Waals surface area contributed by atoms with Gasteiger partial charge in [-0.2, -0.15) is 0 Å². The molecule has 1 N–H and O–H groups in total. The van der Waals surface area contributed by atoms with Crippen LogP contribution in [0.15, 0.2) is 17.0 Å². The fourth-order valence-corrected chi connectivity index (χ4v) is 1.64. The third-order valence-electron chi connectivity index (χ3n) is 2.12. The van der Waals surface area contributed by atoms with Crippen LogP contribution in [0, 0.1) is 0 Å². The summed E-state index contributed by atoms with van der Waals surface area (Å²) in [6, 6.07) is 0. The largest absolute Gasteiger partial charge is 0.316 e. The Balaban J connectivity index is 2.17. The molecule has 0 bridgehead atoms. The van der Waals surface area contributed by atoms with Gasteiger partial charge in [-0.25, -0.2) is 4.98 Å². The molecule has 0 amide bonds. The lowest BCUT2D eigenvalue weighted by Crippen LogP contribution is -2.09. The first-order chi connectivity index (χ1) is 5.86. The van der Waals surface area contributed by atoms with Crippen molar-refractivity contribution in [3.05, 3.63) is 22.7 Å². The van der Waals surface area contributed by atoms with Gasteiger partial charge in [-0.3, -0.25) is 4.98 Å². The molecule has 1 aromatic heterocycles. The van der Waals surface area contributed by atoms with E-state index in [1.165, 1.54) is 6.42 Å². The third-order valence-corrected chi connectivity index (χ3v) is 2.53. The molecule has 2 rings (SSSR count). The van der Waals surface area contributed by atoms with E-state index >= 15 is 0 Å². The van der Waals surface area contributed by atoms with Crippen LogP contribution in [0.25, 0.3) is 0 Å². The molecule has 1 aliphatic heterocycles. The predicted molar refractivity (Wildman–Crippen MR) is 50.0 cm³/mol. The van der Waals surface area contributed by atoms with Crippen LogP contribution in [0.1, 0.15) is 18.0 Å². The molecule has 0 aliphatic carbocycles. The maximum Gasteiger partial charge on any atom is 0.124 e. The van der Waals surface area contributed by atoms with E-state index in [4.69, 9.17) is 0 Å². The Morgan fingerprint density at radius 3 is 2.92 bits per heavy atom. The number of nitrogens with zero attached hydrogens (tertiary/aromatic N) is 2. The molecule has 1 aliphatic rings. The number of nitrogens with one attached hydrogen (secondary N) is 1. The van der Waals surface area contributed by atoms with Crippen molar-refractivity contribution in [2.45, 2.75) is 12.3 Å². The topological polar surface area (TPSA) is 37.8 Å². The van der Waals surface area contributed by atoms with Gasteiger partial charge < -0.3 is 5.32 Å². The molecule has 1 aromatic rings. The Hall–Kier alpha value is -0.480. The molecule has 1 fully saturated rings. The van der Waals surface area contributed by atoms with Crippen molar-refractivity contribution < 1.29 is 0 Å². The van der Waals surface area contributed by atoms with Gasteiger partial charge in [0.05, 0.1) is 18.1 Å². The summed E-state index contributed by atoms with van der Waals surface area (Å²) in [4.78, 5) is 8.46. The van der Waals surface area contributed by atoms with Gasteiger partial charge in [0, 0.05) is 12.5 Å². The lowest BCUT2D eigenvalue weighted by Gasteiger charge is -2.05. The molecule has 1 saturated heterocycles. The van der Waals surface area contributed by atoms with E-state index in [-0.39, 0.29) is 0 Å². The van der Waals surface area contributed by atoms with Crippen molar-refractivity contribution in [3.63, 3.8) is 0 Å². The summed E-state index contributed by atoms with van der Waals surface area (Å²) in [7, 11) is 0. The highest BCUT2D eigenvalue weighted by molar-refractivity contribution is 9.10. The maximum atomic E-state index is 4.31. The highest BCUT2D eigenvalue weighted by atomic mass is 79.9. The zero-order chi connectivity index (χ0) is 8.39. The van der Waals surface area contributed by atoms with Crippen LogP contribution in [-0.2, 0) is 0 Å². The van der Waals surface area contributed by atoms with Crippen molar-refractivity contribution in [2.24, 2.45) is 0 Å². The lowest BCUT2D eigenvalue weighted by atomic mass is 10.1. The first-order valence-corrected chi connectivity index (χ1v) is 4.84. The van der Waals surface area contributed by atoms with E-state index < -0.39 is 0 Å². The van der Waals surface area contributed by atoms with Crippen LogP contribution in [0.3, 0.4) is 0 Å². The summed E-state index contributed by atoms with van der Waals surface area (Å²) in [6.07, 6.45) is 4.78. The van der Waals surface area contributed by atoms with E-state index in [1.54, 1.807) is 6.20 Å². The van der Waals surface area contributed by atoms with Crippen LogP contribution in [0.5, 0.6) is 0 Å². The van der Waals surface area contributed by atoms with Gasteiger partial charge in [-0.05, 0) is 28.9 Å². The number of halogens is 1. The molecule has 2 heterocycles. The van der Waals surface area contributed by atoms with Crippen LogP contribution in [-0.4, -0.2) is 23.1 Å². The van der Waals surface area contributed by atoms with Crippen LogP contribution in [0.4, 0.5) is 0 Å². The molecular weight excluding hydrogens is 218 g/mol. The average Bonchev–Trinajstić information content (AvgIpc) is 2.58. The Morgan fingerprint density at radius 1 is 1.42 bits per heavy atom. The van der Waals surface area contributed by atoms with E-state index in [9.17, 15) is 0 Å². The fraction of sp³-hybridized carbons (Fsp3) is 0.500. The standard InChI is InChI=1S/C8H10BrN3/c9-8-5-11-7(4-12-8)6-1-2-10-3-6/h4-6,10H,1-3H2. The molecule has 64 valence electrons. The van der Waals surface area contributed by atoms with Gasteiger partial charge in [0.1, 0.15) is 4.60 Å². The Labute approximate surface area is 79.7 Å². The van der Waals surface area contributed by atoms with E-state index in [2.05, 4.69) is 31.2 Å². The quantitative estimate of drug-likeness (QED) is 0.787. The summed E-state index contributed by atoms with van der Waals surface area (Å²) in [5.74, 6) is 0.561. The zero-order valence-electron chi connectivity index (χ0n) is 6.63. The Bertz CT molecular complexity index is 254. The molecule has 0 spiro atoms. The third kappa shape index (κ3) is 1.64. The second kappa shape index (κ2) is 3.49. The van der Waals surface area contributed by atoms with Gasteiger partial charge in [0.2, 0.25) is 0 Å². The van der Waals surface area contributed by atoms with Gasteiger partial charge >= 0.3 is 0 Å². The summed E-state index contributed by atoms with van der Waals surface area (Å²) in [5, 5.41) is 3.31. The second-order valence-electron chi connectivity index (χ2n) is 2.95. The molecule has 12 heavy (non-hydrogen) atoms. The highest BCUT2D eigenvalue weighted by Crippen LogP contribution is 2.19. The molecule has 0 radical (unpaired) electrons. The number of aromatic nitrogens is 2. The molecular formula is C8H10BrN3. The van der Waals surface area contributed by atoms with Gasteiger partial charge in [-0.1, -0.05) is 0 Å². The summed E-state index contributed by atoms with van der Waals surface area (Å²) in [5.41, 5.74) is 1.10. The Morgan fingerprint density at radius 2 is 2.33 bits per heavy atom. The van der Waals surface area contributed by atoms with Crippen molar-refractivity contribution in [1.82, 2.24) is 15.3 Å². The van der Waals surface area contributed by atoms with Crippen molar-refractivity contribution in [3.8, 4) is 0 Å². The monoisotopic (exact) mass is 227 g/mol. The summed E-state index contributed by atoms with van der Waals surface area (Å²) in [6.45, 7) is 2.14. The fourth-order valence-electron chi connectivity index (χ4n) is 1.44. The van der Waals surface area contributed by atoms with Gasteiger partial charge in [0.25, 0.3) is 0 Å². The first kappa shape index (κ1) is 8.13. The molecule has 4 heteroatoms. The highest BCUT2D eigenvalue weighted by Gasteiger charge is 2.17. The second-order valence-corrected chi connectivity index (χ2v) is 3.77. The van der Waals surface area contributed by atoms with Crippen molar-refractivity contribution >= 4 is 15.9 Å². The maximum absolute atomic E-state index is 4.31. The van der Waals surface area contributed by atoms with Gasteiger partial charge in [-0.15, -0.1) is 0 Å². The summed E-state index contributed by atoms with van der Waals surface area (Å²) >= 11 is 3.26. The summed E-state index contributed by atoms with van der Waals surface area (Å²) < 4.78 is 0.803. The molecule has 0 aromatic carbocycles. The SMILES string of the molecule is Brc1cnc(C2CCNC2)cn1. The minimum absolute atomic E-state index is 0.561. The Kier molecular flexibility index (Phi) is 2.37. The van der Waals surface area contributed by atoms with Crippen LogP contribution >= 0.6 is 15.9 Å². The molecule has 1 unspecified atom stereocenters. The minimum atomic E-state index is 0.561. The van der Waals surface area contributed by atoms with Crippen LogP contribution in [0.2, 0.25) is 0 Å². The van der Waals surface area contributed by atoms with Crippen LogP contribution < -0.4 is 5.32 Å². The minimum Gasteiger partial charge on any atom is -0.316 e. The number of hydrogen-bond donors (Lipinski definition) is 1. The van der Waals surface area contributed by atoms with E-state index in [0.717, 1.165) is 23.4 Å². The molecule has 3 nitrogen and oxygen atoms in total. The normalized spacial score (nSPS) is 22.9. The predicted octanol–water partition coefficient (Wildman–Crippen LogP) is 1.32. The molecule has 1 atom stereocenters. The number of rotatable bonds is 1. The van der Waals surface area contributed by atoms with Gasteiger partial charge in [0.15, 0.2) is 0 Å². The average molecular weight is 228 g/mol. The van der Waals surface area contributed by atoms with E-state index in [1.807, 2.05) is 6.20 Å². The van der Waals surface area contributed by atoms with Crippen molar-refractivity contribution in [2.75, 3.05) is 13.1 Å². The zero-order valence-corrected chi connectivity index (χ0v) is 8.21. The van der Waals surface area contributed by atoms with Crippen molar-refractivity contribution in [1.29, 1.82) is 0 Å².